The highest BCUT2D eigenvalue weighted by Crippen LogP contribution is 2.08. The molecular formula is C10H19N2O3+. The van der Waals surface area contributed by atoms with Crippen LogP contribution in [0.2, 0.25) is 0 Å². The summed E-state index contributed by atoms with van der Waals surface area (Å²) in [5.41, 5.74) is 0.165. The van der Waals surface area contributed by atoms with Crippen LogP contribution in [0.3, 0.4) is 0 Å². The van der Waals surface area contributed by atoms with E-state index in [-0.39, 0.29) is 12.7 Å². The molecule has 0 aromatic heterocycles. The van der Waals surface area contributed by atoms with E-state index in [1.165, 1.54) is 4.58 Å². The van der Waals surface area contributed by atoms with Crippen LogP contribution in [-0.2, 0) is 4.74 Å². The van der Waals surface area contributed by atoms with Gasteiger partial charge in [0.15, 0.2) is 6.54 Å². The Morgan fingerprint density at radius 2 is 2.27 bits per heavy atom. The van der Waals surface area contributed by atoms with E-state index in [0.717, 1.165) is 6.54 Å². The molecule has 1 rings (SSSR count). The second-order valence-electron chi connectivity index (χ2n) is 4.53. The number of hydrogen-bond acceptors (Lipinski definition) is 4. The lowest BCUT2D eigenvalue weighted by Crippen LogP contribution is -2.47. The molecule has 1 aliphatic rings. The van der Waals surface area contributed by atoms with E-state index in [1.807, 2.05) is 20.8 Å². The minimum absolute atomic E-state index is 0.119. The fraction of sp³-hybridized carbons (Fsp3) is 0.800. The van der Waals surface area contributed by atoms with Crippen LogP contribution >= 0.6 is 0 Å². The molecule has 0 spiro atoms. The molecule has 0 aromatic carbocycles. The predicted molar refractivity (Wildman–Crippen MR) is 56.3 cm³/mol. The number of nitrogens with one attached hydrogen (secondary N) is 1. The van der Waals surface area contributed by atoms with Crippen molar-refractivity contribution >= 4 is 11.8 Å². The van der Waals surface area contributed by atoms with E-state index in [9.17, 15) is 4.79 Å². The van der Waals surface area contributed by atoms with Crippen LogP contribution in [-0.4, -0.2) is 53.3 Å². The van der Waals surface area contributed by atoms with Crippen molar-refractivity contribution in [3.63, 3.8) is 0 Å². The van der Waals surface area contributed by atoms with E-state index in [0.29, 0.717) is 18.8 Å². The first kappa shape index (κ1) is 12.1. The van der Waals surface area contributed by atoms with E-state index < -0.39 is 5.60 Å². The standard InChI is InChI=1S/C10H19N2O3/c1-10(2,3)15-9(14)12-5-4-11-6-8(12)7-13/h11,13H,4-7H2,1-3H3/q+1. The summed E-state index contributed by atoms with van der Waals surface area (Å²) in [5.74, 6) is 0. The number of aliphatic hydroxyl groups is 1. The zero-order valence-electron chi connectivity index (χ0n) is 9.54. The molecule has 0 aliphatic carbocycles. The van der Waals surface area contributed by atoms with Gasteiger partial charge in [0.1, 0.15) is 12.2 Å². The molecule has 0 radical (unpaired) electrons. The van der Waals surface area contributed by atoms with Gasteiger partial charge in [0.25, 0.3) is 0 Å². The van der Waals surface area contributed by atoms with E-state index in [1.54, 1.807) is 0 Å². The molecule has 1 amide bonds. The lowest BCUT2D eigenvalue weighted by atomic mass is 10.2. The van der Waals surface area contributed by atoms with Gasteiger partial charge in [-0.25, -0.2) is 0 Å². The molecule has 1 heterocycles. The first-order valence-corrected chi connectivity index (χ1v) is 5.11. The number of carbonyl (C=O) groups is 1. The molecule has 86 valence electrons. The van der Waals surface area contributed by atoms with Crippen LogP contribution in [0.1, 0.15) is 20.8 Å². The third-order valence-electron chi connectivity index (χ3n) is 2.02. The molecule has 0 unspecified atom stereocenters. The molecule has 5 heteroatoms. The number of ether oxygens (including phenoxy) is 1. The number of hydrogen-bond donors (Lipinski definition) is 2. The largest absolute Gasteiger partial charge is 0.597 e. The molecular weight excluding hydrogens is 196 g/mol. The molecule has 0 saturated carbocycles. The highest BCUT2D eigenvalue weighted by atomic mass is 16.6. The van der Waals surface area contributed by atoms with Crippen molar-refractivity contribution in [2.24, 2.45) is 0 Å². The second-order valence-corrected chi connectivity index (χ2v) is 4.53. The Bertz CT molecular complexity index is 279. The van der Waals surface area contributed by atoms with E-state index in [2.05, 4.69) is 5.32 Å². The Morgan fingerprint density at radius 3 is 2.80 bits per heavy atom. The van der Waals surface area contributed by atoms with Gasteiger partial charge in [-0.15, -0.1) is 4.58 Å². The predicted octanol–water partition coefficient (Wildman–Crippen LogP) is -0.0295. The van der Waals surface area contributed by atoms with Crippen molar-refractivity contribution in [3.8, 4) is 0 Å². The molecule has 15 heavy (non-hydrogen) atoms. The third kappa shape index (κ3) is 3.60. The second kappa shape index (κ2) is 4.72. The molecule has 0 atom stereocenters. The lowest BCUT2D eigenvalue weighted by Gasteiger charge is -2.19. The summed E-state index contributed by atoms with van der Waals surface area (Å²) in [5, 5.41) is 12.2. The van der Waals surface area contributed by atoms with Crippen LogP contribution in [0.5, 0.6) is 0 Å². The molecule has 0 fully saturated rings. The van der Waals surface area contributed by atoms with E-state index >= 15 is 0 Å². The Labute approximate surface area is 89.7 Å². The lowest BCUT2D eigenvalue weighted by molar-refractivity contribution is -0.455. The minimum Gasteiger partial charge on any atom is -0.406 e. The SMILES string of the molecule is CC(C)(C)OC(=O)[N+]1=C(CO)CNCC1. The van der Waals surface area contributed by atoms with Crippen molar-refractivity contribution < 1.29 is 19.2 Å². The zero-order chi connectivity index (χ0) is 11.5. The highest BCUT2D eigenvalue weighted by Gasteiger charge is 2.31. The average Bonchev–Trinajstić information content (AvgIpc) is 2.15. The van der Waals surface area contributed by atoms with Gasteiger partial charge < -0.3 is 15.2 Å². The third-order valence-corrected chi connectivity index (χ3v) is 2.02. The van der Waals surface area contributed by atoms with Crippen LogP contribution in [0, 0.1) is 0 Å². The normalized spacial score (nSPS) is 17.9. The number of nitrogens with zero attached hydrogens (tertiary/aromatic N) is 1. The number of carbonyl (C=O) groups excluding carboxylic acids is 1. The number of amides is 1. The van der Waals surface area contributed by atoms with Gasteiger partial charge in [0.2, 0.25) is 5.71 Å². The fourth-order valence-corrected chi connectivity index (χ4v) is 1.36. The summed E-state index contributed by atoms with van der Waals surface area (Å²) in [4.78, 5) is 11.7. The van der Waals surface area contributed by atoms with Crippen molar-refractivity contribution in [3.05, 3.63) is 0 Å². The van der Waals surface area contributed by atoms with Gasteiger partial charge in [-0.3, -0.25) is 0 Å². The van der Waals surface area contributed by atoms with Crippen LogP contribution in [0.4, 0.5) is 4.79 Å². The summed E-state index contributed by atoms with van der Waals surface area (Å²) in [6.07, 6.45) is -0.381. The zero-order valence-corrected chi connectivity index (χ0v) is 9.54. The van der Waals surface area contributed by atoms with Gasteiger partial charge in [-0.1, -0.05) is 0 Å². The van der Waals surface area contributed by atoms with Gasteiger partial charge in [-0.05, 0) is 20.8 Å². The quantitative estimate of drug-likeness (QED) is 0.603. The Balaban J connectivity index is 2.76. The van der Waals surface area contributed by atoms with Crippen molar-refractivity contribution in [2.75, 3.05) is 26.2 Å². The first-order valence-electron chi connectivity index (χ1n) is 5.11. The van der Waals surface area contributed by atoms with E-state index in [4.69, 9.17) is 9.84 Å². The van der Waals surface area contributed by atoms with Crippen LogP contribution in [0.25, 0.3) is 0 Å². The van der Waals surface area contributed by atoms with Gasteiger partial charge in [0.05, 0.1) is 13.1 Å². The summed E-state index contributed by atoms with van der Waals surface area (Å²) in [6, 6.07) is 0. The number of aliphatic hydroxyl groups excluding tert-OH is 1. The molecule has 0 aromatic rings. The molecule has 0 bridgehead atoms. The summed E-state index contributed by atoms with van der Waals surface area (Å²) >= 11 is 0. The number of rotatable bonds is 1. The van der Waals surface area contributed by atoms with Gasteiger partial charge in [-0.2, -0.15) is 4.79 Å². The first-order chi connectivity index (χ1) is 6.94. The van der Waals surface area contributed by atoms with Crippen molar-refractivity contribution in [2.45, 2.75) is 26.4 Å². The Morgan fingerprint density at radius 1 is 1.60 bits per heavy atom. The Kier molecular flexibility index (Phi) is 3.82. The molecule has 0 saturated heterocycles. The van der Waals surface area contributed by atoms with Crippen molar-refractivity contribution in [1.82, 2.24) is 5.32 Å². The summed E-state index contributed by atoms with van der Waals surface area (Å²) in [7, 11) is 0. The van der Waals surface area contributed by atoms with Crippen LogP contribution in [0.15, 0.2) is 0 Å². The molecule has 2 N–H and O–H groups in total. The maximum absolute atomic E-state index is 11.7. The monoisotopic (exact) mass is 215 g/mol. The van der Waals surface area contributed by atoms with Crippen molar-refractivity contribution in [1.29, 1.82) is 0 Å². The topological polar surface area (TPSA) is 61.6 Å². The average molecular weight is 215 g/mol. The molecule has 5 nitrogen and oxygen atoms in total. The van der Waals surface area contributed by atoms with Gasteiger partial charge in [0, 0.05) is 0 Å². The van der Waals surface area contributed by atoms with Gasteiger partial charge >= 0.3 is 6.09 Å². The van der Waals surface area contributed by atoms with Crippen LogP contribution < -0.4 is 5.32 Å². The Hall–Kier alpha value is -0.940. The maximum atomic E-state index is 11.7. The maximum Gasteiger partial charge on any atom is 0.597 e. The fourth-order valence-electron chi connectivity index (χ4n) is 1.36. The summed E-state index contributed by atoms with van der Waals surface area (Å²) < 4.78 is 6.74. The smallest absolute Gasteiger partial charge is 0.406 e. The summed E-state index contributed by atoms with van der Waals surface area (Å²) in [6.45, 7) is 7.17. The minimum atomic E-state index is -0.497. The highest BCUT2D eigenvalue weighted by molar-refractivity contribution is 5.86. The molecule has 1 aliphatic heterocycles.